The molecule has 1 heterocycles. The van der Waals surface area contributed by atoms with Gasteiger partial charge in [0.25, 0.3) is 0 Å². The maximum Gasteiger partial charge on any atom is 0.139 e. The Kier molecular flexibility index (Phi) is 8.06. The van der Waals surface area contributed by atoms with E-state index in [2.05, 4.69) is 127 Å². The van der Waals surface area contributed by atoms with E-state index in [1.807, 2.05) is 10.9 Å². The molecule has 0 spiro atoms. The largest absolute Gasteiger partial charge is 0.360 e. The molecule has 0 atom stereocenters. The van der Waals surface area contributed by atoms with E-state index in [9.17, 15) is 0 Å². The SMILES string of the molecule is CCC(=C(c1ccc(I)cc1)c1ccc2c(cnn2COCC[Si](C)(C)C)c1)c1ccccc1. The fourth-order valence-corrected chi connectivity index (χ4v) is 5.29. The van der Waals surface area contributed by atoms with Crippen LogP contribution in [0.4, 0.5) is 0 Å². The monoisotopic (exact) mass is 580 g/mol. The van der Waals surface area contributed by atoms with Crippen LogP contribution in [0, 0.1) is 3.57 Å². The number of hydrogen-bond donors (Lipinski definition) is 0. The van der Waals surface area contributed by atoms with Gasteiger partial charge in [0, 0.05) is 23.6 Å². The first-order valence-electron chi connectivity index (χ1n) is 11.9. The van der Waals surface area contributed by atoms with E-state index in [1.54, 1.807) is 0 Å². The van der Waals surface area contributed by atoms with Crippen LogP contribution in [-0.2, 0) is 11.5 Å². The maximum atomic E-state index is 5.96. The van der Waals surface area contributed by atoms with Crippen LogP contribution in [0.25, 0.3) is 22.0 Å². The molecule has 1 aromatic heterocycles. The highest BCUT2D eigenvalue weighted by atomic mass is 127. The Balaban J connectivity index is 1.72. The van der Waals surface area contributed by atoms with Crippen LogP contribution in [0.5, 0.6) is 0 Å². The van der Waals surface area contributed by atoms with Crippen LogP contribution >= 0.6 is 22.6 Å². The van der Waals surface area contributed by atoms with E-state index in [-0.39, 0.29) is 0 Å². The standard InChI is InChI=1S/C29H33IN2OSi/c1-5-27(22-9-7-6-8-10-22)29(23-11-14-26(30)15-12-23)24-13-16-28-25(19-24)20-31-32(28)21-33-17-18-34(2,3)4/h6-16,19-20H,5,17-18,21H2,1-4H3. The lowest BCUT2D eigenvalue weighted by Crippen LogP contribution is -2.22. The zero-order valence-corrected chi connectivity index (χ0v) is 23.7. The molecule has 0 aliphatic carbocycles. The first kappa shape index (κ1) is 24.9. The molecule has 0 amide bonds. The van der Waals surface area contributed by atoms with Gasteiger partial charge in [-0.1, -0.05) is 75.1 Å². The Morgan fingerprint density at radius 1 is 0.912 bits per heavy atom. The maximum absolute atomic E-state index is 5.96. The summed E-state index contributed by atoms with van der Waals surface area (Å²) >= 11 is 2.37. The molecule has 0 saturated heterocycles. The molecule has 4 aromatic rings. The summed E-state index contributed by atoms with van der Waals surface area (Å²) in [6, 6.07) is 27.4. The number of rotatable bonds is 9. The van der Waals surface area contributed by atoms with Gasteiger partial charge in [-0.25, -0.2) is 4.68 Å². The van der Waals surface area contributed by atoms with Gasteiger partial charge in [-0.05, 0) is 87.2 Å². The minimum absolute atomic E-state index is 0.497. The summed E-state index contributed by atoms with van der Waals surface area (Å²) in [6.07, 6.45) is 2.91. The van der Waals surface area contributed by atoms with E-state index in [1.165, 1.54) is 37.5 Å². The van der Waals surface area contributed by atoms with Gasteiger partial charge in [-0.3, -0.25) is 0 Å². The van der Waals surface area contributed by atoms with Crippen molar-refractivity contribution in [3.63, 3.8) is 0 Å². The zero-order chi connectivity index (χ0) is 24.1. The highest BCUT2D eigenvalue weighted by Crippen LogP contribution is 2.35. The summed E-state index contributed by atoms with van der Waals surface area (Å²) < 4.78 is 9.17. The van der Waals surface area contributed by atoms with Crippen molar-refractivity contribution in [2.24, 2.45) is 0 Å². The average molecular weight is 581 g/mol. The third kappa shape index (κ3) is 6.06. The van der Waals surface area contributed by atoms with Crippen LogP contribution in [0.2, 0.25) is 25.7 Å². The summed E-state index contributed by atoms with van der Waals surface area (Å²) in [5.74, 6) is 0. The minimum atomic E-state index is -1.09. The third-order valence-electron chi connectivity index (χ3n) is 6.05. The van der Waals surface area contributed by atoms with Gasteiger partial charge in [0.15, 0.2) is 0 Å². The quantitative estimate of drug-likeness (QED) is 0.0862. The predicted molar refractivity (Wildman–Crippen MR) is 156 cm³/mol. The molecule has 34 heavy (non-hydrogen) atoms. The molecule has 4 rings (SSSR count). The summed E-state index contributed by atoms with van der Waals surface area (Å²) in [5, 5.41) is 5.76. The summed E-state index contributed by atoms with van der Waals surface area (Å²) in [7, 11) is -1.09. The van der Waals surface area contributed by atoms with E-state index >= 15 is 0 Å². The van der Waals surface area contributed by atoms with Crippen LogP contribution in [0.15, 0.2) is 79.0 Å². The molecule has 0 aliphatic heterocycles. The Morgan fingerprint density at radius 3 is 2.29 bits per heavy atom. The fourth-order valence-electron chi connectivity index (χ4n) is 4.17. The van der Waals surface area contributed by atoms with Crippen molar-refractivity contribution in [2.75, 3.05) is 6.61 Å². The number of aromatic nitrogens is 2. The van der Waals surface area contributed by atoms with Crippen LogP contribution in [0.3, 0.4) is 0 Å². The normalized spacial score (nSPS) is 12.7. The van der Waals surface area contributed by atoms with Crippen molar-refractivity contribution >= 4 is 52.7 Å². The molecule has 0 bridgehead atoms. The highest BCUT2D eigenvalue weighted by Gasteiger charge is 2.15. The molecule has 0 N–H and O–H groups in total. The highest BCUT2D eigenvalue weighted by molar-refractivity contribution is 14.1. The second-order valence-corrected chi connectivity index (χ2v) is 16.7. The van der Waals surface area contributed by atoms with Crippen molar-refractivity contribution in [3.05, 3.63) is 99.3 Å². The summed E-state index contributed by atoms with van der Waals surface area (Å²) in [4.78, 5) is 0. The lowest BCUT2D eigenvalue weighted by atomic mass is 9.88. The van der Waals surface area contributed by atoms with Crippen molar-refractivity contribution in [2.45, 2.75) is 45.8 Å². The second-order valence-electron chi connectivity index (χ2n) is 9.85. The first-order valence-corrected chi connectivity index (χ1v) is 16.7. The molecule has 0 unspecified atom stereocenters. The predicted octanol–water partition coefficient (Wildman–Crippen LogP) is 8.32. The van der Waals surface area contributed by atoms with E-state index in [0.29, 0.717) is 6.73 Å². The van der Waals surface area contributed by atoms with E-state index in [4.69, 9.17) is 4.74 Å². The molecule has 3 nitrogen and oxygen atoms in total. The van der Waals surface area contributed by atoms with Gasteiger partial charge < -0.3 is 4.74 Å². The van der Waals surface area contributed by atoms with Gasteiger partial charge in [-0.15, -0.1) is 0 Å². The van der Waals surface area contributed by atoms with Crippen LogP contribution in [-0.4, -0.2) is 24.5 Å². The smallest absolute Gasteiger partial charge is 0.139 e. The van der Waals surface area contributed by atoms with Crippen LogP contribution < -0.4 is 0 Å². The van der Waals surface area contributed by atoms with Crippen molar-refractivity contribution in [3.8, 4) is 0 Å². The number of halogens is 1. The lowest BCUT2D eigenvalue weighted by molar-refractivity contribution is 0.0817. The molecule has 176 valence electrons. The van der Waals surface area contributed by atoms with Gasteiger partial charge in [0.1, 0.15) is 6.73 Å². The second kappa shape index (κ2) is 11.0. The average Bonchev–Trinajstić information content (AvgIpc) is 3.23. The Labute approximate surface area is 218 Å². The topological polar surface area (TPSA) is 27.1 Å². The van der Waals surface area contributed by atoms with Gasteiger partial charge in [-0.2, -0.15) is 5.10 Å². The molecule has 0 fully saturated rings. The van der Waals surface area contributed by atoms with Crippen molar-refractivity contribution in [1.82, 2.24) is 9.78 Å². The number of hydrogen-bond acceptors (Lipinski definition) is 2. The van der Waals surface area contributed by atoms with Crippen molar-refractivity contribution in [1.29, 1.82) is 0 Å². The molecule has 0 saturated carbocycles. The minimum Gasteiger partial charge on any atom is -0.360 e. The number of benzene rings is 3. The van der Waals surface area contributed by atoms with Crippen LogP contribution in [0.1, 0.15) is 30.0 Å². The third-order valence-corrected chi connectivity index (χ3v) is 8.47. The van der Waals surface area contributed by atoms with Crippen molar-refractivity contribution < 1.29 is 4.74 Å². The number of allylic oxidation sites excluding steroid dienone is 1. The Bertz CT molecular complexity index is 1270. The van der Waals surface area contributed by atoms with Gasteiger partial charge in [0.05, 0.1) is 11.7 Å². The first-order chi connectivity index (χ1) is 16.4. The molecule has 0 aliphatic rings. The van der Waals surface area contributed by atoms with E-state index in [0.717, 1.165) is 23.9 Å². The summed E-state index contributed by atoms with van der Waals surface area (Å²) in [5.41, 5.74) is 7.46. The molecule has 0 radical (unpaired) electrons. The van der Waals surface area contributed by atoms with E-state index < -0.39 is 8.07 Å². The number of ether oxygens (including phenoxy) is 1. The number of fused-ring (bicyclic) bond motifs is 1. The Hall–Kier alpha value is -2.22. The number of nitrogens with zero attached hydrogens (tertiary/aromatic N) is 2. The van der Waals surface area contributed by atoms with Gasteiger partial charge >= 0.3 is 0 Å². The Morgan fingerprint density at radius 2 is 1.62 bits per heavy atom. The lowest BCUT2D eigenvalue weighted by Gasteiger charge is -2.17. The summed E-state index contributed by atoms with van der Waals surface area (Å²) in [6.45, 7) is 10.7. The molecular weight excluding hydrogens is 547 g/mol. The zero-order valence-electron chi connectivity index (χ0n) is 20.5. The molecule has 5 heteroatoms. The van der Waals surface area contributed by atoms with Gasteiger partial charge in [0.2, 0.25) is 0 Å². The molecular formula is C29H33IN2OSi. The fraction of sp³-hybridized carbons (Fsp3) is 0.276. The molecule has 3 aromatic carbocycles.